The first-order valence-electron chi connectivity index (χ1n) is 8.32. The van der Waals surface area contributed by atoms with Gasteiger partial charge >= 0.3 is 0 Å². The lowest BCUT2D eigenvalue weighted by molar-refractivity contribution is 0.807. The number of nitrogens with one attached hydrogen (secondary N) is 2. The molecule has 1 saturated heterocycles. The standard InChI is InChI=1S/C15H28N6/c1-3-5-9-16-13-18-14(17-10-6-4-2)20-15(19-13)21-11-7-8-12-21/h3-12H2,1-2H3,(H2,16,17,18,19,20). The number of hydrogen-bond donors (Lipinski definition) is 2. The Labute approximate surface area is 127 Å². The summed E-state index contributed by atoms with van der Waals surface area (Å²) < 4.78 is 0. The summed E-state index contributed by atoms with van der Waals surface area (Å²) in [6.07, 6.45) is 7.04. The van der Waals surface area contributed by atoms with Gasteiger partial charge in [0.15, 0.2) is 0 Å². The Morgan fingerprint density at radius 1 is 0.857 bits per heavy atom. The molecule has 0 unspecified atom stereocenters. The van der Waals surface area contributed by atoms with E-state index in [1.54, 1.807) is 0 Å². The minimum Gasteiger partial charge on any atom is -0.354 e. The van der Waals surface area contributed by atoms with Crippen LogP contribution in [0.1, 0.15) is 52.4 Å². The van der Waals surface area contributed by atoms with E-state index in [9.17, 15) is 0 Å². The van der Waals surface area contributed by atoms with Crippen LogP contribution in [0.15, 0.2) is 0 Å². The molecule has 118 valence electrons. The molecule has 0 saturated carbocycles. The molecule has 0 radical (unpaired) electrons. The predicted molar refractivity (Wildman–Crippen MR) is 88.1 cm³/mol. The van der Waals surface area contributed by atoms with Crippen LogP contribution >= 0.6 is 0 Å². The molecular weight excluding hydrogens is 264 g/mol. The highest BCUT2D eigenvalue weighted by Gasteiger charge is 2.17. The number of unbranched alkanes of at least 4 members (excludes halogenated alkanes) is 2. The molecule has 0 atom stereocenters. The molecule has 2 heterocycles. The van der Waals surface area contributed by atoms with Crippen molar-refractivity contribution in [1.82, 2.24) is 15.0 Å². The Kier molecular flexibility index (Phi) is 6.50. The Morgan fingerprint density at radius 3 is 1.86 bits per heavy atom. The van der Waals surface area contributed by atoms with Crippen molar-refractivity contribution in [3.63, 3.8) is 0 Å². The molecular formula is C15H28N6. The van der Waals surface area contributed by atoms with E-state index >= 15 is 0 Å². The van der Waals surface area contributed by atoms with Crippen LogP contribution in [0.4, 0.5) is 17.8 Å². The van der Waals surface area contributed by atoms with E-state index in [0.717, 1.165) is 45.0 Å². The van der Waals surface area contributed by atoms with Crippen molar-refractivity contribution < 1.29 is 0 Å². The van der Waals surface area contributed by atoms with Crippen molar-refractivity contribution in [2.24, 2.45) is 0 Å². The summed E-state index contributed by atoms with van der Waals surface area (Å²) >= 11 is 0. The van der Waals surface area contributed by atoms with Crippen LogP contribution in [0.2, 0.25) is 0 Å². The first kappa shape index (κ1) is 15.8. The number of rotatable bonds is 9. The van der Waals surface area contributed by atoms with Gasteiger partial charge in [0.1, 0.15) is 0 Å². The molecule has 1 aliphatic heterocycles. The van der Waals surface area contributed by atoms with E-state index in [1.165, 1.54) is 25.7 Å². The van der Waals surface area contributed by atoms with Crippen LogP contribution in [0, 0.1) is 0 Å². The van der Waals surface area contributed by atoms with Gasteiger partial charge in [0.2, 0.25) is 17.8 Å². The minimum absolute atomic E-state index is 0.694. The number of aromatic nitrogens is 3. The van der Waals surface area contributed by atoms with Crippen LogP contribution in [-0.2, 0) is 0 Å². The highest BCUT2D eigenvalue weighted by Crippen LogP contribution is 2.18. The summed E-state index contributed by atoms with van der Waals surface area (Å²) in [4.78, 5) is 15.9. The van der Waals surface area contributed by atoms with E-state index in [-0.39, 0.29) is 0 Å². The maximum atomic E-state index is 4.57. The van der Waals surface area contributed by atoms with Gasteiger partial charge in [-0.1, -0.05) is 26.7 Å². The smallest absolute Gasteiger partial charge is 0.231 e. The van der Waals surface area contributed by atoms with Gasteiger partial charge in [0.05, 0.1) is 0 Å². The van der Waals surface area contributed by atoms with Crippen molar-refractivity contribution in [3.05, 3.63) is 0 Å². The molecule has 1 fully saturated rings. The van der Waals surface area contributed by atoms with Gasteiger partial charge in [-0.25, -0.2) is 0 Å². The van der Waals surface area contributed by atoms with E-state index < -0.39 is 0 Å². The summed E-state index contributed by atoms with van der Waals surface area (Å²) in [6, 6.07) is 0. The second-order valence-electron chi connectivity index (χ2n) is 5.54. The molecule has 0 aromatic carbocycles. The highest BCUT2D eigenvalue weighted by atomic mass is 15.3. The molecule has 2 rings (SSSR count). The first-order valence-corrected chi connectivity index (χ1v) is 8.32. The molecule has 0 spiro atoms. The summed E-state index contributed by atoms with van der Waals surface area (Å²) in [5.41, 5.74) is 0. The van der Waals surface area contributed by atoms with Gasteiger partial charge in [-0.2, -0.15) is 15.0 Å². The number of nitrogens with zero attached hydrogens (tertiary/aromatic N) is 4. The third kappa shape index (κ3) is 5.02. The van der Waals surface area contributed by atoms with Crippen molar-refractivity contribution >= 4 is 17.8 Å². The van der Waals surface area contributed by atoms with Crippen molar-refractivity contribution in [3.8, 4) is 0 Å². The first-order chi connectivity index (χ1) is 10.3. The maximum Gasteiger partial charge on any atom is 0.231 e. The third-order valence-corrected chi connectivity index (χ3v) is 3.64. The zero-order valence-corrected chi connectivity index (χ0v) is 13.4. The molecule has 1 aromatic rings. The summed E-state index contributed by atoms with van der Waals surface area (Å²) in [6.45, 7) is 8.29. The lowest BCUT2D eigenvalue weighted by Crippen LogP contribution is -2.22. The molecule has 6 nitrogen and oxygen atoms in total. The van der Waals surface area contributed by atoms with Gasteiger partial charge in [0.25, 0.3) is 0 Å². The lowest BCUT2D eigenvalue weighted by Gasteiger charge is -2.17. The fourth-order valence-corrected chi connectivity index (χ4v) is 2.34. The Hall–Kier alpha value is -1.59. The zero-order chi connectivity index (χ0) is 14.9. The van der Waals surface area contributed by atoms with Crippen molar-refractivity contribution in [2.45, 2.75) is 52.4 Å². The summed E-state index contributed by atoms with van der Waals surface area (Å²) in [5.74, 6) is 2.19. The van der Waals surface area contributed by atoms with Crippen LogP contribution in [0.5, 0.6) is 0 Å². The predicted octanol–water partition coefficient (Wildman–Crippen LogP) is 2.90. The second-order valence-corrected chi connectivity index (χ2v) is 5.54. The third-order valence-electron chi connectivity index (χ3n) is 3.64. The van der Waals surface area contributed by atoms with Gasteiger partial charge in [-0.3, -0.25) is 0 Å². The average Bonchev–Trinajstić information content (AvgIpc) is 3.02. The van der Waals surface area contributed by atoms with Gasteiger partial charge in [-0.05, 0) is 25.7 Å². The molecule has 6 heteroatoms. The summed E-state index contributed by atoms with van der Waals surface area (Å²) in [5, 5.41) is 6.62. The van der Waals surface area contributed by atoms with Gasteiger partial charge in [-0.15, -0.1) is 0 Å². The average molecular weight is 292 g/mol. The highest BCUT2D eigenvalue weighted by molar-refractivity contribution is 5.44. The van der Waals surface area contributed by atoms with Crippen LogP contribution in [0.3, 0.4) is 0 Å². The number of hydrogen-bond acceptors (Lipinski definition) is 6. The Bertz CT molecular complexity index is 388. The normalized spacial score (nSPS) is 14.5. The van der Waals surface area contributed by atoms with E-state index in [0.29, 0.717) is 11.9 Å². The Morgan fingerprint density at radius 2 is 1.38 bits per heavy atom. The topological polar surface area (TPSA) is 66.0 Å². The monoisotopic (exact) mass is 292 g/mol. The van der Waals surface area contributed by atoms with Crippen molar-refractivity contribution in [1.29, 1.82) is 0 Å². The van der Waals surface area contributed by atoms with Crippen LogP contribution in [0.25, 0.3) is 0 Å². The number of anilines is 3. The molecule has 1 aliphatic rings. The molecule has 1 aromatic heterocycles. The molecule has 0 amide bonds. The Balaban J connectivity index is 2.06. The van der Waals surface area contributed by atoms with Gasteiger partial charge < -0.3 is 15.5 Å². The molecule has 0 aliphatic carbocycles. The maximum absolute atomic E-state index is 4.57. The van der Waals surface area contributed by atoms with Crippen LogP contribution < -0.4 is 15.5 Å². The molecule has 0 bridgehead atoms. The SMILES string of the molecule is CCCCNc1nc(NCCCC)nc(N2CCCC2)n1. The largest absolute Gasteiger partial charge is 0.354 e. The zero-order valence-electron chi connectivity index (χ0n) is 13.4. The van der Waals surface area contributed by atoms with Crippen LogP contribution in [-0.4, -0.2) is 41.1 Å². The fourth-order valence-electron chi connectivity index (χ4n) is 2.34. The lowest BCUT2D eigenvalue weighted by atomic mass is 10.3. The van der Waals surface area contributed by atoms with E-state index in [1.807, 2.05) is 0 Å². The molecule has 21 heavy (non-hydrogen) atoms. The quantitative estimate of drug-likeness (QED) is 0.682. The van der Waals surface area contributed by atoms with E-state index in [4.69, 9.17) is 0 Å². The van der Waals surface area contributed by atoms with E-state index in [2.05, 4.69) is 44.3 Å². The van der Waals surface area contributed by atoms with Crippen molar-refractivity contribution in [2.75, 3.05) is 41.7 Å². The minimum atomic E-state index is 0.694. The van der Waals surface area contributed by atoms with Gasteiger partial charge in [0, 0.05) is 26.2 Å². The summed E-state index contributed by atoms with van der Waals surface area (Å²) in [7, 11) is 0. The molecule has 2 N–H and O–H groups in total. The second kappa shape index (κ2) is 8.64. The fraction of sp³-hybridized carbons (Fsp3) is 0.800.